The van der Waals surface area contributed by atoms with Crippen LogP contribution in [-0.2, 0) is 16.1 Å². The first kappa shape index (κ1) is 15.3. The molecule has 8 heteroatoms. The predicted octanol–water partition coefficient (Wildman–Crippen LogP) is 1.91. The van der Waals surface area contributed by atoms with Gasteiger partial charge in [-0.15, -0.1) is 11.3 Å². The molecule has 0 aliphatic carbocycles. The summed E-state index contributed by atoms with van der Waals surface area (Å²) in [6, 6.07) is 5.51. The molecule has 0 saturated heterocycles. The number of nitrogens with zero attached hydrogens (tertiary/aromatic N) is 1. The summed E-state index contributed by atoms with van der Waals surface area (Å²) in [6.45, 7) is 0.600. The van der Waals surface area contributed by atoms with Crippen LogP contribution in [0.3, 0.4) is 0 Å². The van der Waals surface area contributed by atoms with Crippen molar-refractivity contribution in [3.63, 3.8) is 0 Å². The van der Waals surface area contributed by atoms with Gasteiger partial charge in [0, 0.05) is 31.0 Å². The van der Waals surface area contributed by atoms with Gasteiger partial charge in [-0.3, -0.25) is 9.59 Å². The lowest BCUT2D eigenvalue weighted by Crippen LogP contribution is -2.24. The quantitative estimate of drug-likeness (QED) is 0.843. The third kappa shape index (κ3) is 4.19. The molecule has 2 N–H and O–H groups in total. The number of aromatic nitrogens is 1. The molecule has 0 fully saturated rings. The molecular weight excluding hydrogens is 318 g/mol. The van der Waals surface area contributed by atoms with E-state index >= 15 is 0 Å². The van der Waals surface area contributed by atoms with Crippen LogP contribution in [0.4, 0.5) is 5.13 Å². The molecule has 1 aromatic carbocycles. The van der Waals surface area contributed by atoms with Gasteiger partial charge in [0.25, 0.3) is 0 Å². The number of carbonyl (C=O) groups excluding carboxylic acids is 2. The van der Waals surface area contributed by atoms with E-state index in [0.717, 1.165) is 5.56 Å². The Bertz CT molecular complexity index is 703. The van der Waals surface area contributed by atoms with Crippen LogP contribution in [0.5, 0.6) is 11.5 Å². The van der Waals surface area contributed by atoms with Crippen LogP contribution >= 0.6 is 11.3 Å². The van der Waals surface area contributed by atoms with E-state index in [2.05, 4.69) is 15.6 Å². The Kier molecular flexibility index (Phi) is 4.72. The maximum Gasteiger partial charge on any atom is 0.231 e. The number of anilines is 1. The lowest BCUT2D eigenvalue weighted by atomic mass is 10.2. The number of fused-ring (bicyclic) bond motifs is 1. The second-order valence-corrected chi connectivity index (χ2v) is 5.74. The molecule has 7 nitrogen and oxygen atoms in total. The molecular formula is C15H15N3O4S. The van der Waals surface area contributed by atoms with Crippen molar-refractivity contribution in [2.45, 2.75) is 19.4 Å². The van der Waals surface area contributed by atoms with Crippen molar-refractivity contribution >= 4 is 28.3 Å². The van der Waals surface area contributed by atoms with Crippen LogP contribution in [-0.4, -0.2) is 23.6 Å². The van der Waals surface area contributed by atoms with Gasteiger partial charge in [0.2, 0.25) is 18.6 Å². The summed E-state index contributed by atoms with van der Waals surface area (Å²) in [5.74, 6) is 0.980. The zero-order chi connectivity index (χ0) is 16.1. The molecule has 1 aliphatic rings. The van der Waals surface area contributed by atoms with E-state index in [1.54, 1.807) is 11.6 Å². The number of ether oxygens (including phenoxy) is 2. The van der Waals surface area contributed by atoms with E-state index < -0.39 is 0 Å². The number of hydrogen-bond acceptors (Lipinski definition) is 6. The highest BCUT2D eigenvalue weighted by Gasteiger charge is 2.13. The van der Waals surface area contributed by atoms with Gasteiger partial charge in [-0.2, -0.15) is 0 Å². The molecule has 0 unspecified atom stereocenters. The molecule has 0 radical (unpaired) electrons. The van der Waals surface area contributed by atoms with Crippen molar-refractivity contribution in [1.82, 2.24) is 10.3 Å². The van der Waals surface area contributed by atoms with Gasteiger partial charge in [-0.05, 0) is 17.7 Å². The summed E-state index contributed by atoms with van der Waals surface area (Å²) in [7, 11) is 0. The number of hydrogen-bond donors (Lipinski definition) is 2. The summed E-state index contributed by atoms with van der Waals surface area (Å²) < 4.78 is 10.5. The summed E-state index contributed by atoms with van der Waals surface area (Å²) in [6.07, 6.45) is 1.85. The van der Waals surface area contributed by atoms with Gasteiger partial charge >= 0.3 is 0 Å². The lowest BCUT2D eigenvalue weighted by Gasteiger charge is -2.06. The predicted molar refractivity (Wildman–Crippen MR) is 84.4 cm³/mol. The third-order valence-electron chi connectivity index (χ3n) is 3.18. The highest BCUT2D eigenvalue weighted by Crippen LogP contribution is 2.32. The number of benzene rings is 1. The molecule has 1 aliphatic heterocycles. The average molecular weight is 333 g/mol. The second-order valence-electron chi connectivity index (χ2n) is 4.85. The van der Waals surface area contributed by atoms with Crippen LogP contribution in [0.2, 0.25) is 0 Å². The third-order valence-corrected chi connectivity index (χ3v) is 3.87. The SMILES string of the molecule is O=C(CCC(=O)Nc1nccs1)NCc1ccc2c(c1)OCO2. The van der Waals surface area contributed by atoms with E-state index in [4.69, 9.17) is 9.47 Å². The molecule has 2 amide bonds. The topological polar surface area (TPSA) is 89.6 Å². The monoisotopic (exact) mass is 333 g/mol. The van der Waals surface area contributed by atoms with E-state index in [1.807, 2.05) is 18.2 Å². The van der Waals surface area contributed by atoms with Gasteiger partial charge in [0.1, 0.15) is 0 Å². The molecule has 1 aromatic heterocycles. The number of rotatable bonds is 6. The first-order valence-electron chi connectivity index (χ1n) is 7.05. The molecule has 120 valence electrons. The fourth-order valence-electron chi connectivity index (χ4n) is 2.03. The molecule has 0 saturated carbocycles. The first-order valence-corrected chi connectivity index (χ1v) is 7.93. The van der Waals surface area contributed by atoms with Crippen molar-refractivity contribution in [3.8, 4) is 11.5 Å². The van der Waals surface area contributed by atoms with Crippen LogP contribution in [0.1, 0.15) is 18.4 Å². The molecule has 3 rings (SSSR count). The highest BCUT2D eigenvalue weighted by molar-refractivity contribution is 7.13. The highest BCUT2D eigenvalue weighted by atomic mass is 32.1. The van der Waals surface area contributed by atoms with Crippen LogP contribution in [0.25, 0.3) is 0 Å². The van der Waals surface area contributed by atoms with Gasteiger partial charge in [0.15, 0.2) is 16.6 Å². The van der Waals surface area contributed by atoms with Crippen molar-refractivity contribution < 1.29 is 19.1 Å². The zero-order valence-electron chi connectivity index (χ0n) is 12.2. The molecule has 0 bridgehead atoms. The van der Waals surface area contributed by atoms with Crippen molar-refractivity contribution in [2.75, 3.05) is 12.1 Å². The minimum atomic E-state index is -0.224. The Morgan fingerprint density at radius 3 is 2.83 bits per heavy atom. The second kappa shape index (κ2) is 7.10. The number of amides is 2. The molecule has 2 heterocycles. The van der Waals surface area contributed by atoms with E-state index in [9.17, 15) is 9.59 Å². The van der Waals surface area contributed by atoms with Crippen molar-refractivity contribution in [3.05, 3.63) is 35.3 Å². The molecule has 0 spiro atoms. The van der Waals surface area contributed by atoms with Gasteiger partial charge in [-0.25, -0.2) is 4.98 Å². The normalized spacial score (nSPS) is 12.0. The lowest BCUT2D eigenvalue weighted by molar-refractivity contribution is -0.124. The smallest absolute Gasteiger partial charge is 0.231 e. The van der Waals surface area contributed by atoms with Crippen LogP contribution in [0, 0.1) is 0 Å². The number of carbonyl (C=O) groups is 2. The largest absolute Gasteiger partial charge is 0.454 e. The molecule has 2 aromatic rings. The Labute approximate surface area is 136 Å². The summed E-state index contributed by atoms with van der Waals surface area (Å²) in [4.78, 5) is 27.4. The Hall–Kier alpha value is -2.61. The number of nitrogens with one attached hydrogen (secondary N) is 2. The van der Waals surface area contributed by atoms with E-state index in [0.29, 0.717) is 23.2 Å². The minimum absolute atomic E-state index is 0.118. The summed E-state index contributed by atoms with van der Waals surface area (Å²) in [5, 5.41) is 7.72. The van der Waals surface area contributed by atoms with E-state index in [1.165, 1.54) is 11.3 Å². The first-order chi connectivity index (χ1) is 11.2. The van der Waals surface area contributed by atoms with Crippen molar-refractivity contribution in [2.24, 2.45) is 0 Å². The maximum absolute atomic E-state index is 11.8. The Morgan fingerprint density at radius 1 is 1.17 bits per heavy atom. The fraction of sp³-hybridized carbons (Fsp3) is 0.267. The minimum Gasteiger partial charge on any atom is -0.454 e. The molecule has 0 atom stereocenters. The Morgan fingerprint density at radius 2 is 2.00 bits per heavy atom. The fourth-order valence-corrected chi connectivity index (χ4v) is 2.58. The standard InChI is InChI=1S/C15H15N3O4S/c19-13(3-4-14(20)18-15-16-5-6-23-15)17-8-10-1-2-11-12(7-10)22-9-21-11/h1-2,5-7H,3-4,8-9H2,(H,17,19)(H,16,18,20). The van der Waals surface area contributed by atoms with Crippen LogP contribution < -0.4 is 20.1 Å². The van der Waals surface area contributed by atoms with E-state index in [-0.39, 0.29) is 31.4 Å². The zero-order valence-corrected chi connectivity index (χ0v) is 13.0. The average Bonchev–Trinajstić information content (AvgIpc) is 3.21. The van der Waals surface area contributed by atoms with Gasteiger partial charge in [0.05, 0.1) is 0 Å². The maximum atomic E-state index is 11.8. The van der Waals surface area contributed by atoms with Crippen LogP contribution in [0.15, 0.2) is 29.8 Å². The van der Waals surface area contributed by atoms with Gasteiger partial charge in [-0.1, -0.05) is 6.07 Å². The summed E-state index contributed by atoms with van der Waals surface area (Å²) >= 11 is 1.34. The summed E-state index contributed by atoms with van der Waals surface area (Å²) in [5.41, 5.74) is 0.912. The van der Waals surface area contributed by atoms with Gasteiger partial charge < -0.3 is 20.1 Å². The number of thiazole rings is 1. The van der Waals surface area contributed by atoms with Crippen molar-refractivity contribution in [1.29, 1.82) is 0 Å². The molecule has 23 heavy (non-hydrogen) atoms. The Balaban J connectivity index is 1.40.